The van der Waals surface area contributed by atoms with Gasteiger partial charge >= 0.3 is 24.1 Å². The number of carboxylic acid groups (broad SMARTS) is 1. The van der Waals surface area contributed by atoms with Crippen LogP contribution in [0.4, 0.5) is 31.1 Å². The van der Waals surface area contributed by atoms with Gasteiger partial charge < -0.3 is 9.84 Å². The van der Waals surface area contributed by atoms with Gasteiger partial charge in [-0.3, -0.25) is 18.7 Å². The molecule has 17 heteroatoms. The molecule has 0 aliphatic rings. The zero-order valence-electron chi connectivity index (χ0n) is 18.7. The molecular weight excluding hydrogens is 526 g/mol. The second kappa shape index (κ2) is 11.0. The van der Waals surface area contributed by atoms with E-state index in [1.165, 1.54) is 6.92 Å². The first kappa shape index (κ1) is 28.7. The number of hydrazine groups is 1. The number of alkyl halides is 6. The number of ether oxygens (including phenoxy) is 1. The van der Waals surface area contributed by atoms with E-state index in [-0.39, 0.29) is 26.4 Å². The largest absolute Gasteiger partial charge is 0.501 e. The Kier molecular flexibility index (Phi) is 8.82. The summed E-state index contributed by atoms with van der Waals surface area (Å²) in [6.07, 6.45) is -11.1. The minimum atomic E-state index is -5.02. The van der Waals surface area contributed by atoms with Gasteiger partial charge in [-0.05, 0) is 19.4 Å². The van der Waals surface area contributed by atoms with Crippen molar-refractivity contribution < 1.29 is 45.8 Å². The van der Waals surface area contributed by atoms with Crippen LogP contribution < -0.4 is 16.7 Å². The summed E-state index contributed by atoms with van der Waals surface area (Å²) in [5.74, 6) is -0.924. The third-order valence-electron chi connectivity index (χ3n) is 4.62. The lowest BCUT2D eigenvalue weighted by atomic mass is 10.2. The number of thiophene rings is 1. The molecule has 2 N–H and O–H groups in total. The molecule has 0 atom stereocenters. The number of aromatic nitrogens is 2. The summed E-state index contributed by atoms with van der Waals surface area (Å²) in [4.78, 5) is 48.6. The highest BCUT2D eigenvalue weighted by atomic mass is 32.1. The molecule has 0 radical (unpaired) electrons. The second-order valence-electron chi connectivity index (χ2n) is 7.24. The summed E-state index contributed by atoms with van der Waals surface area (Å²) in [5, 5.41) is 9.16. The number of fused-ring (bicyclic) bond motifs is 1. The van der Waals surface area contributed by atoms with Crippen molar-refractivity contribution in [2.24, 2.45) is 0 Å². The Labute approximate surface area is 201 Å². The van der Waals surface area contributed by atoms with Gasteiger partial charge in [0.05, 0.1) is 31.2 Å². The maximum Gasteiger partial charge on any atom is 0.423 e. The van der Waals surface area contributed by atoms with Crippen LogP contribution in [0.15, 0.2) is 21.9 Å². The molecular formula is C19H20F6N4O6S. The van der Waals surface area contributed by atoms with Crippen molar-refractivity contribution in [1.29, 1.82) is 0 Å². The van der Waals surface area contributed by atoms with Crippen LogP contribution >= 0.6 is 11.3 Å². The lowest BCUT2D eigenvalue weighted by Crippen LogP contribution is -2.44. The maximum atomic E-state index is 13.0. The molecule has 2 aromatic rings. The van der Waals surface area contributed by atoms with Crippen molar-refractivity contribution >= 4 is 33.6 Å². The van der Waals surface area contributed by atoms with Gasteiger partial charge in [0.25, 0.3) is 11.5 Å². The van der Waals surface area contributed by atoms with Crippen LogP contribution in [0, 0.1) is 6.92 Å². The Bertz CT molecular complexity index is 1280. The fraction of sp³-hybridized carbons (Fsp3) is 0.474. The molecule has 0 fully saturated rings. The molecule has 10 nitrogen and oxygen atoms in total. The van der Waals surface area contributed by atoms with Gasteiger partial charge in [-0.1, -0.05) is 0 Å². The molecule has 200 valence electrons. The first-order valence-corrected chi connectivity index (χ1v) is 10.9. The number of carbonyl (C=O) groups excluding carboxylic acids is 1. The van der Waals surface area contributed by atoms with Crippen molar-refractivity contribution in [3.8, 4) is 0 Å². The summed E-state index contributed by atoms with van der Waals surface area (Å²) in [6.45, 7) is -0.573. The molecule has 0 saturated carbocycles. The van der Waals surface area contributed by atoms with E-state index < -0.39 is 67.0 Å². The van der Waals surface area contributed by atoms with Gasteiger partial charge in [0, 0.05) is 17.5 Å². The van der Waals surface area contributed by atoms with Gasteiger partial charge in [-0.15, -0.1) is 11.3 Å². The summed E-state index contributed by atoms with van der Waals surface area (Å²) in [7, 11) is 0. The number of aryl methyl sites for hydroxylation is 2. The number of halogens is 6. The fourth-order valence-corrected chi connectivity index (χ4v) is 4.37. The topological polar surface area (TPSA) is 123 Å². The minimum Gasteiger partial charge on any atom is -0.501 e. The molecule has 36 heavy (non-hydrogen) atoms. The molecule has 0 spiro atoms. The third kappa shape index (κ3) is 7.25. The van der Waals surface area contributed by atoms with Gasteiger partial charge in [0.2, 0.25) is 0 Å². The van der Waals surface area contributed by atoms with Crippen molar-refractivity contribution in [2.45, 2.75) is 52.3 Å². The van der Waals surface area contributed by atoms with E-state index in [1.54, 1.807) is 12.3 Å². The average Bonchev–Trinajstić information content (AvgIpc) is 3.05. The average molecular weight is 546 g/mol. The van der Waals surface area contributed by atoms with Crippen molar-refractivity contribution in [1.82, 2.24) is 19.6 Å². The maximum absolute atomic E-state index is 13.0. The number of amides is 2. The fourth-order valence-electron chi connectivity index (χ4n) is 3.07. The van der Waals surface area contributed by atoms with Gasteiger partial charge in [-0.2, -0.15) is 26.3 Å². The number of hydrogen-bond donors (Lipinski definition) is 2. The lowest BCUT2D eigenvalue weighted by molar-refractivity contribution is -0.143. The van der Waals surface area contributed by atoms with E-state index in [2.05, 4.69) is 0 Å². The quantitative estimate of drug-likeness (QED) is 0.227. The van der Waals surface area contributed by atoms with Crippen LogP contribution in [0.2, 0.25) is 0 Å². The predicted octanol–water partition coefficient (Wildman–Crippen LogP) is 3.11. The third-order valence-corrected chi connectivity index (χ3v) is 5.92. The monoisotopic (exact) mass is 546 g/mol. The Morgan fingerprint density at radius 1 is 1.14 bits per heavy atom. The van der Waals surface area contributed by atoms with Crippen molar-refractivity contribution in [3.05, 3.63) is 43.6 Å². The Morgan fingerprint density at radius 3 is 2.31 bits per heavy atom. The van der Waals surface area contributed by atoms with Gasteiger partial charge in [0.15, 0.2) is 0 Å². The first-order valence-electron chi connectivity index (χ1n) is 10.0. The van der Waals surface area contributed by atoms with Crippen molar-refractivity contribution in [3.63, 3.8) is 0 Å². The molecule has 0 aliphatic heterocycles. The Hall–Kier alpha value is -3.50. The minimum absolute atomic E-state index is 0.0320. The van der Waals surface area contributed by atoms with Gasteiger partial charge in [0.1, 0.15) is 11.4 Å². The highest BCUT2D eigenvalue weighted by molar-refractivity contribution is 7.18. The van der Waals surface area contributed by atoms with E-state index >= 15 is 0 Å². The highest BCUT2D eigenvalue weighted by Gasteiger charge is 2.33. The number of hydrogen-bond acceptors (Lipinski definition) is 6. The number of nitrogens with one attached hydrogen (secondary N) is 1. The van der Waals surface area contributed by atoms with E-state index in [0.29, 0.717) is 20.9 Å². The van der Waals surface area contributed by atoms with E-state index in [4.69, 9.17) is 9.84 Å². The van der Waals surface area contributed by atoms with Gasteiger partial charge in [-0.25, -0.2) is 20.0 Å². The normalized spacial score (nSPS) is 12.3. The van der Waals surface area contributed by atoms with E-state index in [0.717, 1.165) is 12.3 Å². The van der Waals surface area contributed by atoms with Crippen molar-refractivity contribution in [2.75, 3.05) is 6.61 Å². The number of nitrogens with zero attached hydrogens (tertiary/aromatic N) is 3. The van der Waals surface area contributed by atoms with Crippen LogP contribution in [0.5, 0.6) is 0 Å². The summed E-state index contributed by atoms with van der Waals surface area (Å²) >= 11 is 0.576. The van der Waals surface area contributed by atoms with Crippen LogP contribution in [0.1, 0.15) is 23.8 Å². The number of carbonyl (C=O) groups is 2. The van der Waals surface area contributed by atoms with Crippen LogP contribution in [-0.2, 0) is 29.2 Å². The lowest BCUT2D eigenvalue weighted by Gasteiger charge is -2.19. The van der Waals surface area contributed by atoms with Crippen LogP contribution in [-0.4, -0.2) is 50.2 Å². The standard InChI is InChI=1S/C19H20F6N4O6S/c1-3-35-7-4-12(30)29(26-16(32)33)8-11-10(2)13-14(31)28(9-19(23,24)25)17(34)27(15(13)36-11)6-5-18(20,21)22/h4,7,26H,3,5-6,8-9H2,1-2H3,(H,32,33)/b7-4+. The highest BCUT2D eigenvalue weighted by Crippen LogP contribution is 2.30. The smallest absolute Gasteiger partial charge is 0.423 e. The molecule has 0 aromatic carbocycles. The van der Waals surface area contributed by atoms with E-state index in [1.807, 2.05) is 0 Å². The molecule has 2 aromatic heterocycles. The SMILES string of the molecule is CCO/C=C/C(=O)N(Cc1sc2c(c1C)c(=O)n(CC(F)(F)F)c(=O)n2CCC(F)(F)F)NC(=O)O. The number of rotatable bonds is 8. The zero-order valence-corrected chi connectivity index (χ0v) is 19.5. The summed E-state index contributed by atoms with van der Waals surface area (Å²) < 4.78 is 82.6. The Balaban J connectivity index is 2.69. The first-order chi connectivity index (χ1) is 16.6. The Morgan fingerprint density at radius 2 is 1.78 bits per heavy atom. The molecule has 0 aliphatic carbocycles. The second-order valence-corrected chi connectivity index (χ2v) is 8.32. The van der Waals surface area contributed by atoms with E-state index in [9.17, 15) is 45.5 Å². The molecule has 2 amide bonds. The molecule has 2 heterocycles. The molecule has 0 saturated heterocycles. The molecule has 0 bridgehead atoms. The molecule has 2 rings (SSSR count). The van der Waals surface area contributed by atoms with Crippen LogP contribution in [0.25, 0.3) is 10.2 Å². The molecule has 0 unspecified atom stereocenters. The summed E-state index contributed by atoms with van der Waals surface area (Å²) in [5.41, 5.74) is -1.19. The van der Waals surface area contributed by atoms with Crippen LogP contribution in [0.3, 0.4) is 0 Å². The predicted molar refractivity (Wildman–Crippen MR) is 114 cm³/mol. The zero-order chi connectivity index (χ0) is 27.4. The summed E-state index contributed by atoms with van der Waals surface area (Å²) in [6, 6.07) is 0.